The van der Waals surface area contributed by atoms with Crippen molar-refractivity contribution in [3.63, 3.8) is 0 Å². The van der Waals surface area contributed by atoms with Gasteiger partial charge in [0.1, 0.15) is 53.8 Å². The number of ether oxygens (including phenoxy) is 6. The van der Waals surface area contributed by atoms with Crippen LogP contribution in [0.15, 0.2) is 47.5 Å². The van der Waals surface area contributed by atoms with E-state index < -0.39 is 42.9 Å². The van der Waals surface area contributed by atoms with Crippen LogP contribution in [0.4, 0.5) is 5.69 Å². The van der Waals surface area contributed by atoms with Crippen molar-refractivity contribution in [1.29, 1.82) is 0 Å². The van der Waals surface area contributed by atoms with E-state index in [4.69, 9.17) is 33.4 Å². The fourth-order valence-corrected chi connectivity index (χ4v) is 13.2. The average molecular weight is 979 g/mol. The summed E-state index contributed by atoms with van der Waals surface area (Å²) in [4.78, 5) is 35.9. The highest BCUT2D eigenvalue weighted by atomic mass is 16.7. The van der Waals surface area contributed by atoms with Gasteiger partial charge >= 0.3 is 0 Å². The molecule has 8 aliphatic rings. The van der Waals surface area contributed by atoms with Crippen LogP contribution < -0.4 is 14.8 Å². The van der Waals surface area contributed by atoms with Gasteiger partial charge in [-0.25, -0.2) is 0 Å². The van der Waals surface area contributed by atoms with Crippen LogP contribution in [0.1, 0.15) is 122 Å². The van der Waals surface area contributed by atoms with Gasteiger partial charge < -0.3 is 59.1 Å². The maximum Gasteiger partial charge on any atom is 0.254 e. The zero-order chi connectivity index (χ0) is 49.4. The first kappa shape index (κ1) is 47.1. The number of methoxy groups -OCH3 is 2. The number of carbonyl (C=O) groups is 2. The van der Waals surface area contributed by atoms with E-state index >= 15 is 4.79 Å². The predicted molar refractivity (Wildman–Crippen MR) is 266 cm³/mol. The Kier molecular flexibility index (Phi) is 12.3. The molecule has 15 heteroatoms. The number of nitrogens with one attached hydrogen (secondary N) is 1. The zero-order valence-electron chi connectivity index (χ0n) is 40.6. The van der Waals surface area contributed by atoms with Gasteiger partial charge in [0.2, 0.25) is 6.29 Å². The fourth-order valence-electron chi connectivity index (χ4n) is 13.2. The summed E-state index contributed by atoms with van der Waals surface area (Å²) in [6, 6.07) is 11.5. The lowest BCUT2D eigenvalue weighted by Gasteiger charge is -2.48. The van der Waals surface area contributed by atoms with Crippen molar-refractivity contribution in [2.45, 2.75) is 119 Å². The molecule has 5 aliphatic heterocycles. The van der Waals surface area contributed by atoms with Crippen LogP contribution in [-0.2, 0) is 44.9 Å². The quantitative estimate of drug-likeness (QED) is 0.0699. The van der Waals surface area contributed by atoms with Crippen LogP contribution in [0.3, 0.4) is 0 Å². The second-order valence-corrected chi connectivity index (χ2v) is 20.7. The molecule has 15 nitrogen and oxygen atoms in total. The number of aromatic hydroxyl groups is 1. The van der Waals surface area contributed by atoms with Crippen LogP contribution in [0.5, 0.6) is 17.2 Å². The van der Waals surface area contributed by atoms with E-state index in [0.717, 1.165) is 107 Å². The lowest BCUT2D eigenvalue weighted by molar-refractivity contribution is -0.328. The topological polar surface area (TPSA) is 198 Å². The summed E-state index contributed by atoms with van der Waals surface area (Å²) in [6.45, 7) is 0.845. The molecule has 9 atom stereocenters. The molecule has 0 radical (unpaired) electrons. The number of Topliss-reactive ketones (excluding diaryl/α,β-unsaturated/α-hetero) is 1. The predicted octanol–water partition coefficient (Wildman–Crippen LogP) is 6.07. The zero-order valence-corrected chi connectivity index (χ0v) is 40.6. The van der Waals surface area contributed by atoms with E-state index in [2.05, 4.69) is 23.4 Å². The monoisotopic (exact) mass is 978 g/mol. The number of phenolic OH excluding ortho intramolecular Hbond substituents is 1. The molecule has 1 saturated carbocycles. The normalized spacial score (nSPS) is 29.1. The number of carbonyl (C=O) groups excluding carboxylic acids is 2. The molecule has 5 N–H and O–H groups in total. The lowest BCUT2D eigenvalue weighted by atomic mass is 9.64. The Morgan fingerprint density at radius 1 is 1.06 bits per heavy atom. The van der Waals surface area contributed by atoms with Crippen LogP contribution >= 0.6 is 0 Å². The molecule has 72 heavy (non-hydrogen) atoms. The van der Waals surface area contributed by atoms with Crippen molar-refractivity contribution in [2.75, 3.05) is 47.1 Å². The largest absolute Gasteiger partial charge is 0.506 e. The maximum atomic E-state index is 15.4. The van der Waals surface area contributed by atoms with Gasteiger partial charge in [-0.1, -0.05) is 24.5 Å². The number of aliphatic imine (C=N–C) groups is 1. The van der Waals surface area contributed by atoms with Crippen molar-refractivity contribution in [1.82, 2.24) is 10.2 Å². The second kappa shape index (κ2) is 18.8. The van der Waals surface area contributed by atoms with Crippen molar-refractivity contribution >= 4 is 40.4 Å². The van der Waals surface area contributed by atoms with E-state index in [1.54, 1.807) is 37.5 Å². The number of hydrogen-bond acceptors (Lipinski definition) is 14. The standard InChI is InChI=1S/C57H59N3O12/c1-67-20-4-3-19-58-24-30-13-17-41-38(22-30)39(25-59-41)43-18-16-37-52(68-2)36-15-14-33-23-32-9-6-11-34(32)46-45(33)47(36)49-51(64)48(46)42(62)27-60-26-40-31(8-5-12-35(40)55(60)65)10-7-21-69-54-50(63)44(28-70-43)71-56(72-53(37)49)57(54,66)29-61/h5,8,12-13,16-18,22,25,32-34,43-44,50,54,56,58,61,63,66H,3-4,6,9-11,14-15,19-20,23-24,26-29H2,1-2H3/p+1/b18-16-/t32-,33-,34-,43-,44-,50-,54+,56-,57-/m1/s1. The molecule has 0 spiro atoms. The first-order valence-corrected chi connectivity index (χ1v) is 25.5. The average Bonchev–Trinajstić information content (AvgIpc) is 4.12. The number of ketones is 1. The van der Waals surface area contributed by atoms with Gasteiger partial charge in [-0.15, -0.1) is 0 Å². The Morgan fingerprint density at radius 3 is 2.79 bits per heavy atom. The number of unbranched alkanes of at least 4 members (excludes halogenated alkanes) is 1. The molecular weight excluding hydrogens is 919 g/mol. The third kappa shape index (κ3) is 7.60. The van der Waals surface area contributed by atoms with E-state index in [1.807, 2.05) is 30.4 Å². The van der Waals surface area contributed by atoms with Gasteiger partial charge in [0.05, 0.1) is 49.4 Å². The number of aryl methyl sites for hydroxylation is 1. The van der Waals surface area contributed by atoms with Crippen LogP contribution in [0, 0.1) is 23.9 Å². The summed E-state index contributed by atoms with van der Waals surface area (Å²) < 4.78 is 38.1. The molecular formula is C57H60N3O12+. The van der Waals surface area contributed by atoms with E-state index in [-0.39, 0.29) is 72.1 Å². The van der Waals surface area contributed by atoms with Crippen LogP contribution in [0.25, 0.3) is 16.8 Å². The third-order valence-electron chi connectivity index (χ3n) is 16.7. The Balaban J connectivity index is 1.07. The number of rotatable bonds is 10. The molecule has 5 heterocycles. The molecule has 0 unspecified atom stereocenters. The smallest absolute Gasteiger partial charge is 0.254 e. The van der Waals surface area contributed by atoms with Gasteiger partial charge in [-0.2, -0.15) is 4.99 Å². The molecule has 2 fully saturated rings. The van der Waals surface area contributed by atoms with E-state index in [1.165, 1.54) is 0 Å². The molecule has 4 aromatic rings. The van der Waals surface area contributed by atoms with Gasteiger partial charge in [0.15, 0.2) is 28.7 Å². The van der Waals surface area contributed by atoms with Gasteiger partial charge in [-0.05, 0) is 121 Å². The number of aliphatic hydroxyl groups excluding tert-OH is 2. The Labute approximate surface area is 418 Å². The minimum Gasteiger partial charge on any atom is -0.506 e. The highest BCUT2D eigenvalue weighted by Gasteiger charge is 2.59. The first-order valence-electron chi connectivity index (χ1n) is 25.5. The lowest BCUT2D eigenvalue weighted by Crippen LogP contribution is -2.70. The number of phenols is 1. The minimum atomic E-state index is -2.46. The maximum absolute atomic E-state index is 15.4. The van der Waals surface area contributed by atoms with Crippen molar-refractivity contribution in [3.8, 4) is 29.3 Å². The molecule has 374 valence electrons. The second-order valence-electron chi connectivity index (χ2n) is 20.7. The summed E-state index contributed by atoms with van der Waals surface area (Å²) >= 11 is 0. The molecule has 12 rings (SSSR count). The third-order valence-corrected chi connectivity index (χ3v) is 16.7. The Morgan fingerprint density at radius 2 is 1.94 bits per heavy atom. The molecule has 3 aliphatic carbocycles. The number of benzene rings is 4. The highest BCUT2D eigenvalue weighted by molar-refractivity contribution is 6.14. The number of hydrogen-bond donors (Lipinski definition) is 5. The van der Waals surface area contributed by atoms with Gasteiger partial charge in [0, 0.05) is 56.0 Å². The summed E-state index contributed by atoms with van der Waals surface area (Å²) in [5.74, 6) is 3.68. The summed E-state index contributed by atoms with van der Waals surface area (Å²) in [7, 11) is 3.30. The summed E-state index contributed by atoms with van der Waals surface area (Å²) in [5, 5.41) is 53.9. The minimum absolute atomic E-state index is 0.0133. The van der Waals surface area contributed by atoms with Crippen LogP contribution in [0.2, 0.25) is 0 Å². The SMILES string of the molecule is COCCCCNCc1ccc2c(c1)[C+]([C@H]1/C=C\c3c(OC)c4c5c6c(c7c(O)c5c3O[C@H]3O[C@H](CO1)[C@@H](O)[C@H](OC#CCc1cccc5c1CN(CC7=O)C5=O)[C@]3(O)CO)[C@@H]1CCC[C@@H]1C[C@H]6CC4)C=N2. The molecule has 0 aromatic heterocycles. The van der Waals surface area contributed by atoms with Gasteiger partial charge in [-0.3, -0.25) is 9.59 Å². The van der Waals surface area contributed by atoms with Crippen LogP contribution in [-0.4, -0.2) is 127 Å². The Hall–Kier alpha value is -5.96. The number of nitrogens with zero attached hydrogens (tertiary/aromatic N) is 2. The highest BCUT2D eigenvalue weighted by Crippen LogP contribution is 2.62. The van der Waals surface area contributed by atoms with Crippen molar-refractivity contribution in [2.24, 2.45) is 10.9 Å². The molecule has 4 aromatic carbocycles. The first-order chi connectivity index (χ1) is 35.1. The van der Waals surface area contributed by atoms with E-state index in [9.17, 15) is 25.2 Å². The number of amides is 1. The number of aliphatic hydroxyl groups is 3. The van der Waals surface area contributed by atoms with E-state index in [0.29, 0.717) is 42.4 Å². The van der Waals surface area contributed by atoms with Crippen molar-refractivity contribution < 1.29 is 58.4 Å². The molecule has 8 bridgehead atoms. The van der Waals surface area contributed by atoms with Gasteiger partial charge in [0.25, 0.3) is 5.91 Å². The number of fused-ring (bicyclic) bond motifs is 8. The molecule has 1 saturated heterocycles. The fraction of sp³-hybridized carbons (Fsp3) is 0.474. The summed E-state index contributed by atoms with van der Waals surface area (Å²) in [5.41, 5.74) is 5.39. The Bertz CT molecular complexity index is 2990. The van der Waals surface area contributed by atoms with Crippen molar-refractivity contribution in [3.05, 3.63) is 104 Å². The molecule has 1 amide bonds. The summed E-state index contributed by atoms with van der Waals surface area (Å²) in [6.07, 6.45) is 8.38.